The summed E-state index contributed by atoms with van der Waals surface area (Å²) < 4.78 is 10.2. The molecule has 2 fully saturated rings. The average molecular weight is 389 g/mol. The fourth-order valence-corrected chi connectivity index (χ4v) is 3.64. The first-order valence-corrected chi connectivity index (χ1v) is 9.68. The number of morpholine rings is 1. The molecule has 0 saturated carbocycles. The van der Waals surface area contributed by atoms with Gasteiger partial charge in [0.25, 0.3) is 5.91 Å². The molecule has 1 aromatic rings. The van der Waals surface area contributed by atoms with Gasteiger partial charge in [-0.1, -0.05) is 6.07 Å². The van der Waals surface area contributed by atoms with Crippen molar-refractivity contribution in [3.8, 4) is 0 Å². The highest BCUT2D eigenvalue weighted by Crippen LogP contribution is 2.22. The standard InChI is InChI=1S/C20H27N3O5/c1-27-20(26)17-7-2-3-9-23(17)19(25)14-5-4-6-15(11-14)22-18(24)12-16-13-28-10-8-21-16/h4-6,11,16-17,21H,2-3,7-10,12-13H2,1H3,(H,22,24). The summed E-state index contributed by atoms with van der Waals surface area (Å²) in [5.74, 6) is -0.758. The summed E-state index contributed by atoms with van der Waals surface area (Å²) in [5.41, 5.74) is 0.993. The van der Waals surface area contributed by atoms with Crippen molar-refractivity contribution in [2.75, 3.05) is 38.7 Å². The van der Waals surface area contributed by atoms with Crippen LogP contribution in [-0.2, 0) is 19.1 Å². The van der Waals surface area contributed by atoms with Crippen LogP contribution in [0.4, 0.5) is 5.69 Å². The van der Waals surface area contributed by atoms with Crippen LogP contribution in [0.15, 0.2) is 24.3 Å². The van der Waals surface area contributed by atoms with E-state index in [-0.39, 0.29) is 23.8 Å². The number of amides is 2. The van der Waals surface area contributed by atoms with Gasteiger partial charge in [-0.05, 0) is 37.5 Å². The van der Waals surface area contributed by atoms with E-state index in [0.29, 0.717) is 43.9 Å². The van der Waals surface area contributed by atoms with Gasteiger partial charge in [-0.15, -0.1) is 0 Å². The third kappa shape index (κ3) is 5.08. The van der Waals surface area contributed by atoms with Crippen LogP contribution in [0.5, 0.6) is 0 Å². The molecular formula is C20H27N3O5. The van der Waals surface area contributed by atoms with Gasteiger partial charge in [0.05, 0.1) is 20.3 Å². The number of nitrogens with one attached hydrogen (secondary N) is 2. The molecule has 0 bridgehead atoms. The third-order valence-corrected chi connectivity index (χ3v) is 5.06. The van der Waals surface area contributed by atoms with Crippen LogP contribution >= 0.6 is 0 Å². The summed E-state index contributed by atoms with van der Waals surface area (Å²) in [7, 11) is 1.34. The van der Waals surface area contributed by atoms with Crippen LogP contribution in [-0.4, -0.2) is 68.2 Å². The Morgan fingerprint density at radius 2 is 2.18 bits per heavy atom. The molecule has 2 aliphatic heterocycles. The van der Waals surface area contributed by atoms with Crippen molar-refractivity contribution in [3.05, 3.63) is 29.8 Å². The molecule has 0 radical (unpaired) electrons. The Bertz CT molecular complexity index is 718. The number of methoxy groups -OCH3 is 1. The molecule has 2 heterocycles. The van der Waals surface area contributed by atoms with E-state index in [4.69, 9.17) is 9.47 Å². The molecule has 2 N–H and O–H groups in total. The lowest BCUT2D eigenvalue weighted by atomic mass is 10.0. The Morgan fingerprint density at radius 1 is 1.32 bits per heavy atom. The molecule has 3 rings (SSSR count). The third-order valence-electron chi connectivity index (χ3n) is 5.06. The average Bonchev–Trinajstić information content (AvgIpc) is 2.73. The predicted octanol–water partition coefficient (Wildman–Crippen LogP) is 1.17. The molecule has 8 nitrogen and oxygen atoms in total. The van der Waals surface area contributed by atoms with Crippen molar-refractivity contribution in [1.82, 2.24) is 10.2 Å². The van der Waals surface area contributed by atoms with Crippen LogP contribution in [0.2, 0.25) is 0 Å². The van der Waals surface area contributed by atoms with E-state index >= 15 is 0 Å². The number of piperidine rings is 1. The van der Waals surface area contributed by atoms with Crippen molar-refractivity contribution in [2.24, 2.45) is 0 Å². The minimum absolute atomic E-state index is 0.00673. The molecule has 8 heteroatoms. The van der Waals surface area contributed by atoms with E-state index in [9.17, 15) is 14.4 Å². The lowest BCUT2D eigenvalue weighted by molar-refractivity contribution is -0.147. The van der Waals surface area contributed by atoms with E-state index in [1.165, 1.54) is 7.11 Å². The maximum Gasteiger partial charge on any atom is 0.328 e. The molecule has 152 valence electrons. The highest BCUT2D eigenvalue weighted by molar-refractivity contribution is 5.99. The maximum absolute atomic E-state index is 13.0. The quantitative estimate of drug-likeness (QED) is 0.734. The first-order valence-electron chi connectivity index (χ1n) is 9.68. The molecule has 28 heavy (non-hydrogen) atoms. The van der Waals surface area contributed by atoms with Crippen LogP contribution in [0.25, 0.3) is 0 Å². The van der Waals surface area contributed by atoms with Gasteiger partial charge in [-0.25, -0.2) is 4.79 Å². The Labute approximate surface area is 164 Å². The fraction of sp³-hybridized carbons (Fsp3) is 0.550. The van der Waals surface area contributed by atoms with Gasteiger partial charge in [0.15, 0.2) is 0 Å². The number of likely N-dealkylation sites (tertiary alicyclic amines) is 1. The smallest absolute Gasteiger partial charge is 0.328 e. The summed E-state index contributed by atoms with van der Waals surface area (Å²) >= 11 is 0. The van der Waals surface area contributed by atoms with Crippen LogP contribution in [0.1, 0.15) is 36.0 Å². The number of ether oxygens (including phenoxy) is 2. The van der Waals surface area contributed by atoms with Gasteiger partial charge >= 0.3 is 5.97 Å². The predicted molar refractivity (Wildman–Crippen MR) is 103 cm³/mol. The highest BCUT2D eigenvalue weighted by atomic mass is 16.5. The molecule has 2 aliphatic rings. The van der Waals surface area contributed by atoms with E-state index in [1.807, 2.05) is 0 Å². The second kappa shape index (κ2) is 9.66. The zero-order valence-corrected chi connectivity index (χ0v) is 16.1. The Balaban J connectivity index is 1.65. The zero-order valence-electron chi connectivity index (χ0n) is 16.1. The molecule has 2 amide bonds. The summed E-state index contributed by atoms with van der Waals surface area (Å²) in [4.78, 5) is 38.8. The number of rotatable bonds is 5. The van der Waals surface area contributed by atoms with Crippen LogP contribution in [0, 0.1) is 0 Å². The molecule has 2 atom stereocenters. The Kier molecular flexibility index (Phi) is 7.00. The first-order chi connectivity index (χ1) is 13.6. The first kappa shape index (κ1) is 20.3. The molecule has 2 unspecified atom stereocenters. The van der Waals surface area contributed by atoms with E-state index < -0.39 is 6.04 Å². The van der Waals surface area contributed by atoms with Crippen molar-refractivity contribution in [2.45, 2.75) is 37.8 Å². The number of carbonyl (C=O) groups excluding carboxylic acids is 3. The van der Waals surface area contributed by atoms with Gasteiger partial charge in [0.1, 0.15) is 6.04 Å². The number of esters is 1. The molecule has 0 spiro atoms. The fourth-order valence-electron chi connectivity index (χ4n) is 3.64. The van der Waals surface area contributed by atoms with Crippen LogP contribution < -0.4 is 10.6 Å². The van der Waals surface area contributed by atoms with Gasteiger partial charge in [-0.3, -0.25) is 9.59 Å². The minimum Gasteiger partial charge on any atom is -0.467 e. The molecule has 2 saturated heterocycles. The van der Waals surface area contributed by atoms with Gasteiger partial charge in [-0.2, -0.15) is 0 Å². The number of nitrogens with zero attached hydrogens (tertiary/aromatic N) is 1. The number of anilines is 1. The maximum atomic E-state index is 13.0. The van der Waals surface area contributed by atoms with Gasteiger partial charge in [0, 0.05) is 36.8 Å². The molecule has 0 aromatic heterocycles. The summed E-state index contributed by atoms with van der Waals surface area (Å²) in [6.45, 7) is 2.42. The monoisotopic (exact) mass is 389 g/mol. The molecular weight excluding hydrogens is 362 g/mol. The number of hydrogen-bond acceptors (Lipinski definition) is 6. The highest BCUT2D eigenvalue weighted by Gasteiger charge is 2.33. The number of carbonyl (C=O) groups is 3. The van der Waals surface area contributed by atoms with Crippen molar-refractivity contribution in [1.29, 1.82) is 0 Å². The molecule has 1 aromatic carbocycles. The lowest BCUT2D eigenvalue weighted by Gasteiger charge is -2.33. The Morgan fingerprint density at radius 3 is 2.93 bits per heavy atom. The molecule has 0 aliphatic carbocycles. The van der Waals surface area contributed by atoms with E-state index in [1.54, 1.807) is 29.2 Å². The number of benzene rings is 1. The lowest BCUT2D eigenvalue weighted by Crippen LogP contribution is -2.48. The summed E-state index contributed by atoms with van der Waals surface area (Å²) in [6, 6.07) is 6.25. The Hall–Kier alpha value is -2.45. The van der Waals surface area contributed by atoms with Crippen molar-refractivity contribution < 1.29 is 23.9 Å². The van der Waals surface area contributed by atoms with E-state index in [0.717, 1.165) is 19.4 Å². The van der Waals surface area contributed by atoms with Crippen LogP contribution in [0.3, 0.4) is 0 Å². The van der Waals surface area contributed by atoms with Crippen molar-refractivity contribution in [3.63, 3.8) is 0 Å². The second-order valence-electron chi connectivity index (χ2n) is 7.09. The van der Waals surface area contributed by atoms with Gasteiger partial charge in [0.2, 0.25) is 5.91 Å². The zero-order chi connectivity index (χ0) is 19.9. The normalized spacial score (nSPS) is 22.4. The van der Waals surface area contributed by atoms with Crippen molar-refractivity contribution >= 4 is 23.5 Å². The SMILES string of the molecule is COC(=O)C1CCCCN1C(=O)c1cccc(NC(=O)CC2COCCN2)c1. The second-order valence-corrected chi connectivity index (χ2v) is 7.09. The largest absolute Gasteiger partial charge is 0.467 e. The topological polar surface area (TPSA) is 97.0 Å². The number of hydrogen-bond donors (Lipinski definition) is 2. The minimum atomic E-state index is -0.554. The van der Waals surface area contributed by atoms with Gasteiger partial charge < -0.3 is 25.0 Å². The summed E-state index contributed by atoms with van der Waals surface area (Å²) in [6.07, 6.45) is 2.64. The summed E-state index contributed by atoms with van der Waals surface area (Å²) in [5, 5.41) is 6.07. The van der Waals surface area contributed by atoms with E-state index in [2.05, 4.69) is 10.6 Å².